The van der Waals surface area contributed by atoms with Gasteiger partial charge in [-0.05, 0) is 25.0 Å². The van der Waals surface area contributed by atoms with Gasteiger partial charge in [0.15, 0.2) is 5.69 Å². The van der Waals surface area contributed by atoms with Crippen molar-refractivity contribution in [1.82, 2.24) is 9.55 Å². The average molecular weight is 598 g/mol. The van der Waals surface area contributed by atoms with Crippen LogP contribution in [-0.2, 0) is 39.3 Å². The van der Waals surface area contributed by atoms with Crippen LogP contribution in [0.4, 0.5) is 51.1 Å². The molecule has 1 aromatic heterocycles. The molecule has 0 saturated carbocycles. The molecule has 7 nitrogen and oxygen atoms in total. The Morgan fingerprint density at radius 1 is 1.03 bits per heavy atom. The molecule has 0 saturated heterocycles. The SMILES string of the molecule is CCOC(=O)C(OC)N(c1cc(C(F)(F)F)cc(C(F)(F)F)c1Cl)c1nc(C(F)(F)F)cc(=O)n1CC(C)C. The normalized spacial score (nSPS) is 13.5. The minimum absolute atomic E-state index is 0.0644. The topological polar surface area (TPSA) is 73.7 Å². The summed E-state index contributed by atoms with van der Waals surface area (Å²) in [5.74, 6) is -3.12. The summed E-state index contributed by atoms with van der Waals surface area (Å²) >= 11 is 5.90. The van der Waals surface area contributed by atoms with E-state index in [1.54, 1.807) is 0 Å². The van der Waals surface area contributed by atoms with Gasteiger partial charge in [-0.3, -0.25) is 14.3 Å². The third kappa shape index (κ3) is 7.35. The third-order valence-electron chi connectivity index (χ3n) is 4.93. The van der Waals surface area contributed by atoms with Crippen molar-refractivity contribution in [3.8, 4) is 0 Å². The first-order valence-electron chi connectivity index (χ1n) is 10.9. The summed E-state index contributed by atoms with van der Waals surface area (Å²) in [5.41, 5.74) is -8.43. The largest absolute Gasteiger partial charge is 0.463 e. The van der Waals surface area contributed by atoms with Gasteiger partial charge in [0.25, 0.3) is 5.56 Å². The van der Waals surface area contributed by atoms with Crippen molar-refractivity contribution in [3.63, 3.8) is 0 Å². The Kier molecular flexibility index (Phi) is 9.59. The quantitative estimate of drug-likeness (QED) is 0.203. The number of carbonyl (C=O) groups excluding carboxylic acids is 1. The highest BCUT2D eigenvalue weighted by Gasteiger charge is 2.43. The van der Waals surface area contributed by atoms with Gasteiger partial charge < -0.3 is 9.47 Å². The predicted molar refractivity (Wildman–Crippen MR) is 119 cm³/mol. The minimum Gasteiger partial charge on any atom is -0.463 e. The Balaban J connectivity index is 3.18. The summed E-state index contributed by atoms with van der Waals surface area (Å²) in [6.07, 6.45) is -18.5. The van der Waals surface area contributed by atoms with Gasteiger partial charge in [0.05, 0.1) is 28.4 Å². The summed E-state index contributed by atoms with van der Waals surface area (Å²) in [4.78, 5) is 29.0. The van der Waals surface area contributed by atoms with Crippen molar-refractivity contribution in [2.75, 3.05) is 18.6 Å². The molecule has 1 aromatic carbocycles. The fraction of sp³-hybridized carbons (Fsp3) is 0.500. The van der Waals surface area contributed by atoms with Crippen LogP contribution in [0.2, 0.25) is 5.02 Å². The van der Waals surface area contributed by atoms with Gasteiger partial charge in [-0.25, -0.2) is 9.78 Å². The number of hydrogen-bond donors (Lipinski definition) is 0. The van der Waals surface area contributed by atoms with Crippen molar-refractivity contribution in [3.05, 3.63) is 50.4 Å². The van der Waals surface area contributed by atoms with Gasteiger partial charge in [0, 0.05) is 19.7 Å². The van der Waals surface area contributed by atoms with E-state index in [4.69, 9.17) is 21.1 Å². The van der Waals surface area contributed by atoms with E-state index in [0.29, 0.717) is 4.57 Å². The minimum atomic E-state index is -5.48. The zero-order valence-corrected chi connectivity index (χ0v) is 21.3. The summed E-state index contributed by atoms with van der Waals surface area (Å²) in [7, 11) is 0.777. The van der Waals surface area contributed by atoms with Crippen LogP contribution in [0.5, 0.6) is 0 Å². The fourth-order valence-corrected chi connectivity index (χ4v) is 3.68. The first kappa shape index (κ1) is 32.2. The van der Waals surface area contributed by atoms with Crippen LogP contribution in [0.15, 0.2) is 23.0 Å². The lowest BCUT2D eigenvalue weighted by Crippen LogP contribution is -2.45. The first-order valence-corrected chi connectivity index (χ1v) is 11.3. The van der Waals surface area contributed by atoms with E-state index in [-0.39, 0.29) is 29.7 Å². The summed E-state index contributed by atoms with van der Waals surface area (Å²) < 4.78 is 133. The average Bonchev–Trinajstić information content (AvgIpc) is 2.76. The van der Waals surface area contributed by atoms with Crippen LogP contribution in [0, 0.1) is 5.92 Å². The zero-order chi connectivity index (χ0) is 30.1. The lowest BCUT2D eigenvalue weighted by atomic mass is 10.1. The maximum Gasteiger partial charge on any atom is 0.433 e. The van der Waals surface area contributed by atoms with Crippen molar-refractivity contribution >= 4 is 29.2 Å². The molecule has 17 heteroatoms. The molecule has 0 spiro atoms. The molecule has 0 aliphatic rings. The number of nitrogens with zero attached hydrogens (tertiary/aromatic N) is 3. The van der Waals surface area contributed by atoms with E-state index in [2.05, 4.69) is 4.98 Å². The van der Waals surface area contributed by atoms with Crippen LogP contribution in [0.25, 0.3) is 0 Å². The summed E-state index contributed by atoms with van der Waals surface area (Å²) in [5, 5.41) is -1.44. The molecule has 218 valence electrons. The monoisotopic (exact) mass is 597 g/mol. The first-order chi connectivity index (χ1) is 17.7. The second-order valence-corrected chi connectivity index (χ2v) is 8.72. The number of methoxy groups -OCH3 is 1. The third-order valence-corrected chi connectivity index (χ3v) is 5.33. The second kappa shape index (κ2) is 11.6. The molecular weight excluding hydrogens is 577 g/mol. The number of benzene rings is 1. The molecule has 0 radical (unpaired) electrons. The van der Waals surface area contributed by atoms with Crippen molar-refractivity contribution < 1.29 is 53.8 Å². The Hall–Kier alpha value is -3.01. The van der Waals surface area contributed by atoms with E-state index < -0.39 is 82.2 Å². The number of rotatable bonds is 8. The van der Waals surface area contributed by atoms with Crippen LogP contribution in [0.1, 0.15) is 37.6 Å². The van der Waals surface area contributed by atoms with Gasteiger partial charge >= 0.3 is 24.5 Å². The Bertz CT molecular complexity index is 1260. The number of esters is 1. The van der Waals surface area contributed by atoms with E-state index in [1.807, 2.05) is 0 Å². The van der Waals surface area contributed by atoms with Gasteiger partial charge in [-0.15, -0.1) is 0 Å². The fourth-order valence-electron chi connectivity index (χ4n) is 3.37. The van der Waals surface area contributed by atoms with Crippen molar-refractivity contribution in [2.24, 2.45) is 5.92 Å². The van der Waals surface area contributed by atoms with E-state index in [1.165, 1.54) is 20.8 Å². The molecule has 39 heavy (non-hydrogen) atoms. The van der Waals surface area contributed by atoms with Crippen LogP contribution < -0.4 is 10.5 Å². The highest BCUT2D eigenvalue weighted by Crippen LogP contribution is 2.46. The Labute approximate surface area is 220 Å². The molecular formula is C22H21ClF9N3O4. The number of hydrogen-bond acceptors (Lipinski definition) is 6. The van der Waals surface area contributed by atoms with Crippen molar-refractivity contribution in [1.29, 1.82) is 0 Å². The van der Waals surface area contributed by atoms with Gasteiger partial charge in [0.2, 0.25) is 12.2 Å². The molecule has 1 heterocycles. The number of carbonyl (C=O) groups is 1. The van der Waals surface area contributed by atoms with Crippen LogP contribution in [-0.4, -0.2) is 35.5 Å². The number of halogens is 10. The highest BCUT2D eigenvalue weighted by atomic mass is 35.5. The lowest BCUT2D eigenvalue weighted by Gasteiger charge is -2.33. The summed E-state index contributed by atoms with van der Waals surface area (Å²) in [6.45, 7) is 3.53. The standard InChI is InChI=1S/C22H21ClF9N3O4/c1-5-39-18(37)17(38-4)35(13-7-11(20(24,25)26)6-12(16(13)23)21(27,28)29)19-33-14(22(30,31)32)8-15(36)34(19)9-10(2)3/h6-8,10,17H,5,9H2,1-4H3. The number of anilines is 2. The van der Waals surface area contributed by atoms with Gasteiger partial charge in [-0.2, -0.15) is 39.5 Å². The van der Waals surface area contributed by atoms with Gasteiger partial charge in [0.1, 0.15) is 0 Å². The molecule has 1 atom stereocenters. The molecule has 2 aromatic rings. The maximum absolute atomic E-state index is 13.7. The van der Waals surface area contributed by atoms with Crippen LogP contribution >= 0.6 is 11.6 Å². The number of ether oxygens (including phenoxy) is 2. The van der Waals surface area contributed by atoms with E-state index in [0.717, 1.165) is 7.11 Å². The lowest BCUT2D eigenvalue weighted by molar-refractivity contribution is -0.154. The molecule has 0 bridgehead atoms. The molecule has 0 aliphatic heterocycles. The molecule has 0 fully saturated rings. The smallest absolute Gasteiger partial charge is 0.433 e. The molecule has 1 unspecified atom stereocenters. The predicted octanol–water partition coefficient (Wildman–Crippen LogP) is 6.28. The number of alkyl halides is 9. The molecule has 0 aliphatic carbocycles. The second-order valence-electron chi connectivity index (χ2n) is 8.34. The molecule has 0 N–H and O–H groups in total. The highest BCUT2D eigenvalue weighted by molar-refractivity contribution is 6.34. The van der Waals surface area contributed by atoms with Crippen LogP contribution in [0.3, 0.4) is 0 Å². The molecule has 0 amide bonds. The molecule has 2 rings (SSSR count). The maximum atomic E-state index is 13.7. The van der Waals surface area contributed by atoms with Gasteiger partial charge in [-0.1, -0.05) is 25.4 Å². The van der Waals surface area contributed by atoms with Crippen molar-refractivity contribution in [2.45, 2.75) is 52.1 Å². The summed E-state index contributed by atoms with van der Waals surface area (Å²) in [6, 6.07) is -0.156. The van der Waals surface area contributed by atoms with E-state index >= 15 is 0 Å². The Morgan fingerprint density at radius 2 is 1.62 bits per heavy atom. The van der Waals surface area contributed by atoms with E-state index in [9.17, 15) is 49.1 Å². The Morgan fingerprint density at radius 3 is 2.05 bits per heavy atom. The zero-order valence-electron chi connectivity index (χ0n) is 20.6. The number of aromatic nitrogens is 2.